The minimum absolute atomic E-state index is 0.0620. The number of thioether (sulfide) groups is 1. The minimum Gasteiger partial charge on any atom is -0.322 e. The SMILES string of the molecule is Cn1ncc(NC(=O)N2CCSC(c3ccccc3)C2)c1C(F)F. The lowest BCUT2D eigenvalue weighted by Gasteiger charge is -2.32. The number of carbonyl (C=O) groups is 1. The van der Waals surface area contributed by atoms with E-state index in [-0.39, 0.29) is 22.7 Å². The van der Waals surface area contributed by atoms with Gasteiger partial charge >= 0.3 is 6.03 Å². The van der Waals surface area contributed by atoms with Gasteiger partial charge in [-0.3, -0.25) is 4.68 Å². The molecule has 1 atom stereocenters. The molecule has 0 saturated carbocycles. The summed E-state index contributed by atoms with van der Waals surface area (Å²) in [7, 11) is 1.43. The molecule has 0 spiro atoms. The van der Waals surface area contributed by atoms with Gasteiger partial charge in [0.05, 0.1) is 11.9 Å². The normalized spacial score (nSPS) is 18.0. The number of alkyl halides is 2. The van der Waals surface area contributed by atoms with Gasteiger partial charge in [-0.15, -0.1) is 0 Å². The summed E-state index contributed by atoms with van der Waals surface area (Å²) in [4.78, 5) is 14.1. The monoisotopic (exact) mass is 352 g/mol. The predicted octanol–water partition coefficient (Wildman–Crippen LogP) is 3.68. The number of halogens is 2. The van der Waals surface area contributed by atoms with Crippen LogP contribution in [0.1, 0.15) is 22.9 Å². The minimum atomic E-state index is -2.69. The first kappa shape index (κ1) is 16.8. The fraction of sp³-hybridized carbons (Fsp3) is 0.375. The third-order valence-corrected chi connectivity index (χ3v) is 5.20. The Morgan fingerprint density at radius 2 is 2.12 bits per heavy atom. The zero-order chi connectivity index (χ0) is 17.1. The molecule has 1 N–H and O–H groups in total. The highest BCUT2D eigenvalue weighted by atomic mass is 32.2. The van der Waals surface area contributed by atoms with Gasteiger partial charge in [0.2, 0.25) is 0 Å². The highest BCUT2D eigenvalue weighted by Crippen LogP contribution is 2.33. The second kappa shape index (κ2) is 7.21. The van der Waals surface area contributed by atoms with Crippen molar-refractivity contribution in [1.82, 2.24) is 14.7 Å². The van der Waals surface area contributed by atoms with Gasteiger partial charge in [-0.2, -0.15) is 16.9 Å². The van der Waals surface area contributed by atoms with Gasteiger partial charge in [-0.1, -0.05) is 30.3 Å². The maximum absolute atomic E-state index is 13.1. The Kier molecular flexibility index (Phi) is 5.03. The largest absolute Gasteiger partial charge is 0.322 e. The molecule has 0 bridgehead atoms. The summed E-state index contributed by atoms with van der Waals surface area (Å²) in [5, 5.41) is 6.56. The third-order valence-electron chi connectivity index (χ3n) is 3.96. The van der Waals surface area contributed by atoms with Crippen LogP contribution in [-0.2, 0) is 7.05 Å². The van der Waals surface area contributed by atoms with Gasteiger partial charge in [0.15, 0.2) is 0 Å². The number of aromatic nitrogens is 2. The molecule has 1 aromatic carbocycles. The van der Waals surface area contributed by atoms with Crippen molar-refractivity contribution >= 4 is 23.5 Å². The molecular weight excluding hydrogens is 334 g/mol. The zero-order valence-corrected chi connectivity index (χ0v) is 14.0. The fourth-order valence-corrected chi connectivity index (χ4v) is 3.94. The summed E-state index contributed by atoms with van der Waals surface area (Å²) in [5.41, 5.74) is 0.941. The lowest BCUT2D eigenvalue weighted by Crippen LogP contribution is -2.41. The molecule has 128 valence electrons. The smallest absolute Gasteiger partial charge is 0.322 e. The summed E-state index contributed by atoms with van der Waals surface area (Å²) < 4.78 is 27.2. The lowest BCUT2D eigenvalue weighted by molar-refractivity contribution is 0.141. The summed E-state index contributed by atoms with van der Waals surface area (Å²) in [6.07, 6.45) is -1.44. The van der Waals surface area contributed by atoms with Crippen LogP contribution in [0.15, 0.2) is 36.5 Å². The average Bonchev–Trinajstić information content (AvgIpc) is 2.96. The molecule has 0 radical (unpaired) electrons. The number of hydrogen-bond acceptors (Lipinski definition) is 3. The van der Waals surface area contributed by atoms with Gasteiger partial charge in [0.1, 0.15) is 5.69 Å². The van der Waals surface area contributed by atoms with Crippen LogP contribution in [0.5, 0.6) is 0 Å². The maximum atomic E-state index is 13.1. The molecule has 1 aromatic heterocycles. The van der Waals surface area contributed by atoms with E-state index >= 15 is 0 Å². The highest BCUT2D eigenvalue weighted by molar-refractivity contribution is 7.99. The summed E-state index contributed by atoms with van der Waals surface area (Å²) >= 11 is 1.80. The lowest BCUT2D eigenvalue weighted by atomic mass is 10.1. The molecule has 1 unspecified atom stereocenters. The number of anilines is 1. The molecule has 2 heterocycles. The number of benzene rings is 1. The topological polar surface area (TPSA) is 50.2 Å². The van der Waals surface area contributed by atoms with E-state index in [0.29, 0.717) is 13.1 Å². The van der Waals surface area contributed by atoms with Crippen molar-refractivity contribution in [3.63, 3.8) is 0 Å². The summed E-state index contributed by atoms with van der Waals surface area (Å²) in [6.45, 7) is 1.13. The van der Waals surface area contributed by atoms with E-state index in [0.717, 1.165) is 16.0 Å². The van der Waals surface area contributed by atoms with Gasteiger partial charge in [0.25, 0.3) is 6.43 Å². The first-order valence-electron chi connectivity index (χ1n) is 7.58. The van der Waals surface area contributed by atoms with Crippen LogP contribution in [0, 0.1) is 0 Å². The maximum Gasteiger partial charge on any atom is 0.322 e. The second-order valence-electron chi connectivity index (χ2n) is 5.51. The second-order valence-corrected chi connectivity index (χ2v) is 6.82. The first-order valence-corrected chi connectivity index (χ1v) is 8.63. The molecule has 3 rings (SSSR count). The van der Waals surface area contributed by atoms with Crippen molar-refractivity contribution in [2.45, 2.75) is 11.7 Å². The first-order chi connectivity index (χ1) is 11.6. The summed E-state index contributed by atoms with van der Waals surface area (Å²) in [5.74, 6) is 0.807. The van der Waals surface area contributed by atoms with Crippen molar-refractivity contribution in [3.05, 3.63) is 47.8 Å². The van der Waals surface area contributed by atoms with E-state index in [1.54, 1.807) is 16.7 Å². The molecule has 2 amide bonds. The standard InChI is InChI=1S/C16H18F2N4OS/c1-21-14(15(17)18)12(9-19-21)20-16(23)22-7-8-24-13(10-22)11-5-3-2-4-6-11/h2-6,9,13,15H,7-8,10H2,1H3,(H,20,23). The molecule has 2 aromatic rings. The Morgan fingerprint density at radius 3 is 2.83 bits per heavy atom. The number of nitrogens with one attached hydrogen (secondary N) is 1. The molecule has 0 aliphatic carbocycles. The van der Waals surface area contributed by atoms with E-state index in [2.05, 4.69) is 10.4 Å². The number of aryl methyl sites for hydroxylation is 1. The number of carbonyl (C=O) groups excluding carboxylic acids is 1. The van der Waals surface area contributed by atoms with E-state index in [4.69, 9.17) is 0 Å². The van der Waals surface area contributed by atoms with Crippen molar-refractivity contribution in [3.8, 4) is 0 Å². The molecule has 8 heteroatoms. The van der Waals surface area contributed by atoms with Crippen molar-refractivity contribution < 1.29 is 13.6 Å². The molecule has 5 nitrogen and oxygen atoms in total. The molecular formula is C16H18F2N4OS. The Bertz CT molecular complexity index is 707. The highest BCUT2D eigenvalue weighted by Gasteiger charge is 2.27. The van der Waals surface area contributed by atoms with Gasteiger partial charge in [-0.05, 0) is 5.56 Å². The van der Waals surface area contributed by atoms with Crippen LogP contribution in [0.3, 0.4) is 0 Å². The van der Waals surface area contributed by atoms with Crippen LogP contribution in [0.25, 0.3) is 0 Å². The molecule has 1 fully saturated rings. The molecule has 1 aliphatic heterocycles. The molecule has 1 saturated heterocycles. The predicted molar refractivity (Wildman–Crippen MR) is 90.4 cm³/mol. The van der Waals surface area contributed by atoms with Gasteiger partial charge in [-0.25, -0.2) is 13.6 Å². The number of rotatable bonds is 3. The number of amides is 2. The molecule has 1 aliphatic rings. The Hall–Kier alpha value is -2.09. The van der Waals surface area contributed by atoms with Crippen molar-refractivity contribution in [1.29, 1.82) is 0 Å². The van der Waals surface area contributed by atoms with E-state index < -0.39 is 6.43 Å². The van der Waals surface area contributed by atoms with Crippen LogP contribution in [0.4, 0.5) is 19.3 Å². The Balaban J connectivity index is 1.69. The average molecular weight is 352 g/mol. The van der Waals surface area contributed by atoms with Crippen molar-refractivity contribution in [2.24, 2.45) is 7.05 Å². The van der Waals surface area contributed by atoms with E-state index in [1.165, 1.54) is 13.2 Å². The van der Waals surface area contributed by atoms with Gasteiger partial charge in [0, 0.05) is 31.1 Å². The Labute approximate surface area is 143 Å². The van der Waals surface area contributed by atoms with Gasteiger partial charge < -0.3 is 10.2 Å². The quantitative estimate of drug-likeness (QED) is 0.917. The Morgan fingerprint density at radius 1 is 1.38 bits per heavy atom. The zero-order valence-electron chi connectivity index (χ0n) is 13.2. The number of nitrogens with zero attached hydrogens (tertiary/aromatic N) is 3. The number of urea groups is 1. The third kappa shape index (κ3) is 3.53. The van der Waals surface area contributed by atoms with E-state index in [9.17, 15) is 13.6 Å². The number of hydrogen-bond donors (Lipinski definition) is 1. The van der Waals surface area contributed by atoms with Crippen LogP contribution < -0.4 is 5.32 Å². The molecule has 24 heavy (non-hydrogen) atoms. The van der Waals surface area contributed by atoms with Crippen molar-refractivity contribution in [2.75, 3.05) is 24.2 Å². The van der Waals surface area contributed by atoms with Crippen LogP contribution in [0.2, 0.25) is 0 Å². The summed E-state index contributed by atoms with van der Waals surface area (Å²) in [6, 6.07) is 9.60. The van der Waals surface area contributed by atoms with Crippen LogP contribution in [-0.4, -0.2) is 39.6 Å². The van der Waals surface area contributed by atoms with Crippen LogP contribution >= 0.6 is 11.8 Å². The van der Waals surface area contributed by atoms with E-state index in [1.807, 2.05) is 30.3 Å². The fourth-order valence-electron chi connectivity index (χ4n) is 2.70.